The third-order valence-electron chi connectivity index (χ3n) is 4.45. The number of piperidine rings is 1. The lowest BCUT2D eigenvalue weighted by atomic mass is 9.82. The summed E-state index contributed by atoms with van der Waals surface area (Å²) in [6, 6.07) is -0.208. The van der Waals surface area contributed by atoms with E-state index in [1.807, 2.05) is 11.8 Å². The summed E-state index contributed by atoms with van der Waals surface area (Å²) in [4.78, 5) is 14.5. The lowest BCUT2D eigenvalue weighted by molar-refractivity contribution is -0.149. The fourth-order valence-electron chi connectivity index (χ4n) is 2.82. The highest BCUT2D eigenvalue weighted by atomic mass is 16.5. The fourth-order valence-corrected chi connectivity index (χ4v) is 2.82. The molecule has 0 aliphatic carbocycles. The molecule has 2 N–H and O–H groups in total. The van der Waals surface area contributed by atoms with Crippen LogP contribution >= 0.6 is 0 Å². The van der Waals surface area contributed by atoms with Crippen LogP contribution < -0.4 is 5.73 Å². The minimum Gasteiger partial charge on any atom is -0.379 e. The summed E-state index contributed by atoms with van der Waals surface area (Å²) in [5.74, 6) is 0.107. The molecule has 18 heavy (non-hydrogen) atoms. The Kier molecular flexibility index (Phi) is 3.67. The van der Waals surface area contributed by atoms with E-state index in [9.17, 15) is 4.79 Å². The van der Waals surface area contributed by atoms with E-state index >= 15 is 0 Å². The lowest BCUT2D eigenvalue weighted by Crippen LogP contribution is -2.57. The summed E-state index contributed by atoms with van der Waals surface area (Å²) in [7, 11) is 1.71. The van der Waals surface area contributed by atoms with Gasteiger partial charge in [0.25, 0.3) is 0 Å². The van der Waals surface area contributed by atoms with E-state index in [2.05, 4.69) is 6.92 Å². The van der Waals surface area contributed by atoms with E-state index in [0.717, 1.165) is 19.4 Å². The minimum absolute atomic E-state index is 0.107. The van der Waals surface area contributed by atoms with Gasteiger partial charge in [0.1, 0.15) is 0 Å². The maximum atomic E-state index is 12.6. The van der Waals surface area contributed by atoms with Gasteiger partial charge >= 0.3 is 0 Å². The van der Waals surface area contributed by atoms with Crippen LogP contribution in [0.5, 0.6) is 0 Å². The predicted molar refractivity (Wildman–Crippen MR) is 68.1 cm³/mol. The fraction of sp³-hybridized carbons (Fsp3) is 0.923. The molecule has 2 aliphatic rings. The molecule has 2 rings (SSSR count). The molecular weight excluding hydrogens is 232 g/mol. The Morgan fingerprint density at radius 3 is 2.78 bits per heavy atom. The van der Waals surface area contributed by atoms with E-state index in [1.165, 1.54) is 0 Å². The van der Waals surface area contributed by atoms with Crippen molar-refractivity contribution in [1.29, 1.82) is 0 Å². The van der Waals surface area contributed by atoms with E-state index in [4.69, 9.17) is 15.2 Å². The molecule has 104 valence electrons. The van der Waals surface area contributed by atoms with Gasteiger partial charge in [0.05, 0.1) is 24.2 Å². The molecule has 0 aromatic rings. The van der Waals surface area contributed by atoms with E-state index in [-0.39, 0.29) is 17.6 Å². The van der Waals surface area contributed by atoms with Crippen LogP contribution in [0.1, 0.15) is 26.7 Å². The van der Waals surface area contributed by atoms with Crippen molar-refractivity contribution in [3.63, 3.8) is 0 Å². The molecule has 2 fully saturated rings. The topological polar surface area (TPSA) is 64.8 Å². The third-order valence-corrected chi connectivity index (χ3v) is 4.45. The number of hydrogen-bond donors (Lipinski definition) is 1. The van der Waals surface area contributed by atoms with Crippen molar-refractivity contribution in [2.75, 3.05) is 33.4 Å². The molecule has 0 spiro atoms. The number of nitrogens with zero attached hydrogens (tertiary/aromatic N) is 1. The standard InChI is InChI=1S/C13H24N2O3/c1-12(17-3)5-4-6-15(8-12)11(16)13(2)9-18-7-10(13)14/h10H,4-9,14H2,1-3H3. The molecule has 1 amide bonds. The highest BCUT2D eigenvalue weighted by Crippen LogP contribution is 2.32. The average Bonchev–Trinajstić information content (AvgIpc) is 2.70. The summed E-state index contributed by atoms with van der Waals surface area (Å²) in [6.07, 6.45) is 1.97. The molecule has 0 bridgehead atoms. The van der Waals surface area contributed by atoms with E-state index in [0.29, 0.717) is 19.8 Å². The molecule has 0 saturated carbocycles. The molecule has 2 saturated heterocycles. The number of nitrogens with two attached hydrogens (primary N) is 1. The van der Waals surface area contributed by atoms with Crippen molar-refractivity contribution in [2.45, 2.75) is 38.3 Å². The van der Waals surface area contributed by atoms with Crippen molar-refractivity contribution in [1.82, 2.24) is 4.90 Å². The number of methoxy groups -OCH3 is 1. The van der Waals surface area contributed by atoms with E-state index < -0.39 is 5.41 Å². The number of carbonyl (C=O) groups is 1. The maximum absolute atomic E-state index is 12.6. The first kappa shape index (κ1) is 13.8. The molecule has 0 aromatic heterocycles. The van der Waals surface area contributed by atoms with Crippen LogP contribution in [0.4, 0.5) is 0 Å². The van der Waals surface area contributed by atoms with Gasteiger partial charge in [0.2, 0.25) is 5.91 Å². The smallest absolute Gasteiger partial charge is 0.232 e. The van der Waals surface area contributed by atoms with Gasteiger partial charge in [-0.2, -0.15) is 0 Å². The van der Waals surface area contributed by atoms with E-state index in [1.54, 1.807) is 7.11 Å². The van der Waals surface area contributed by atoms with Crippen molar-refractivity contribution >= 4 is 5.91 Å². The Morgan fingerprint density at radius 1 is 1.50 bits per heavy atom. The maximum Gasteiger partial charge on any atom is 0.232 e. The summed E-state index contributed by atoms with van der Waals surface area (Å²) in [5.41, 5.74) is 5.21. The monoisotopic (exact) mass is 256 g/mol. The number of carbonyl (C=O) groups excluding carboxylic acids is 1. The Balaban J connectivity index is 2.09. The van der Waals surface area contributed by atoms with Crippen molar-refractivity contribution < 1.29 is 14.3 Å². The molecule has 0 aromatic carbocycles. The normalized spacial score (nSPS) is 41.1. The van der Waals surface area contributed by atoms with Gasteiger partial charge in [0, 0.05) is 26.2 Å². The number of rotatable bonds is 2. The van der Waals surface area contributed by atoms with Crippen molar-refractivity contribution in [3.05, 3.63) is 0 Å². The van der Waals surface area contributed by atoms with Crippen LogP contribution in [-0.4, -0.2) is 55.9 Å². The van der Waals surface area contributed by atoms with Crippen LogP contribution in [0.3, 0.4) is 0 Å². The van der Waals surface area contributed by atoms with Gasteiger partial charge in [-0.15, -0.1) is 0 Å². The zero-order valence-electron chi connectivity index (χ0n) is 11.6. The van der Waals surface area contributed by atoms with Gasteiger partial charge < -0.3 is 20.1 Å². The Labute approximate surface area is 109 Å². The number of ether oxygens (including phenoxy) is 2. The highest BCUT2D eigenvalue weighted by molar-refractivity contribution is 5.84. The minimum atomic E-state index is -0.577. The molecule has 5 heteroatoms. The second-order valence-electron chi connectivity index (χ2n) is 6.02. The van der Waals surface area contributed by atoms with Crippen LogP contribution in [0, 0.1) is 5.41 Å². The first-order chi connectivity index (χ1) is 8.41. The summed E-state index contributed by atoms with van der Waals surface area (Å²) < 4.78 is 10.9. The summed E-state index contributed by atoms with van der Waals surface area (Å²) >= 11 is 0. The zero-order valence-corrected chi connectivity index (χ0v) is 11.6. The molecule has 2 aliphatic heterocycles. The van der Waals surface area contributed by atoms with Crippen molar-refractivity contribution in [3.8, 4) is 0 Å². The second-order valence-corrected chi connectivity index (χ2v) is 6.02. The molecular formula is C13H24N2O3. The Hall–Kier alpha value is -0.650. The first-order valence-electron chi connectivity index (χ1n) is 6.59. The Morgan fingerprint density at radius 2 is 2.22 bits per heavy atom. The number of hydrogen-bond acceptors (Lipinski definition) is 4. The molecule has 3 atom stereocenters. The lowest BCUT2D eigenvalue weighted by Gasteiger charge is -2.42. The van der Waals surface area contributed by atoms with Crippen molar-refractivity contribution in [2.24, 2.45) is 11.1 Å². The molecule has 5 nitrogen and oxygen atoms in total. The molecule has 0 radical (unpaired) electrons. The predicted octanol–water partition coefficient (Wildman–Crippen LogP) is 0.378. The number of likely N-dealkylation sites (tertiary alicyclic amines) is 1. The van der Waals surface area contributed by atoms with Crippen LogP contribution in [0.15, 0.2) is 0 Å². The quantitative estimate of drug-likeness (QED) is 0.775. The highest BCUT2D eigenvalue weighted by Gasteiger charge is 2.48. The first-order valence-corrected chi connectivity index (χ1v) is 6.59. The van der Waals surface area contributed by atoms with Crippen LogP contribution in [-0.2, 0) is 14.3 Å². The van der Waals surface area contributed by atoms with Gasteiger partial charge in [0.15, 0.2) is 0 Å². The van der Waals surface area contributed by atoms with Crippen LogP contribution in [0.25, 0.3) is 0 Å². The molecule has 2 heterocycles. The average molecular weight is 256 g/mol. The third kappa shape index (κ3) is 2.27. The van der Waals surface area contributed by atoms with Gasteiger partial charge in [-0.3, -0.25) is 4.79 Å². The summed E-state index contributed by atoms with van der Waals surface area (Å²) in [5, 5.41) is 0. The van der Waals surface area contributed by atoms with Gasteiger partial charge in [-0.25, -0.2) is 0 Å². The summed E-state index contributed by atoms with van der Waals surface area (Å²) in [6.45, 7) is 6.29. The largest absolute Gasteiger partial charge is 0.379 e. The van der Waals surface area contributed by atoms with Gasteiger partial charge in [-0.05, 0) is 26.7 Å². The SMILES string of the molecule is COC1(C)CCCN(C(=O)C2(C)COCC2N)C1. The Bertz CT molecular complexity index is 336. The van der Waals surface area contributed by atoms with Crippen LogP contribution in [0.2, 0.25) is 0 Å². The number of amides is 1. The second kappa shape index (κ2) is 4.79. The zero-order chi connectivity index (χ0) is 13.4. The van der Waals surface area contributed by atoms with Gasteiger partial charge in [-0.1, -0.05) is 0 Å². The molecule has 3 unspecified atom stereocenters.